The number of fused-ring (bicyclic) bond motifs is 1. The van der Waals surface area contributed by atoms with E-state index in [0.717, 1.165) is 48.6 Å². The van der Waals surface area contributed by atoms with Gasteiger partial charge in [-0.1, -0.05) is 0 Å². The molecule has 2 aromatic carbocycles. The van der Waals surface area contributed by atoms with Gasteiger partial charge in [-0.2, -0.15) is 0 Å². The highest BCUT2D eigenvalue weighted by Crippen LogP contribution is 2.32. The molecule has 0 aliphatic carbocycles. The van der Waals surface area contributed by atoms with Gasteiger partial charge in [0.25, 0.3) is 5.69 Å². The molecule has 1 heterocycles. The Balaban J connectivity index is 1.96. The van der Waals surface area contributed by atoms with Gasteiger partial charge in [0.1, 0.15) is 5.69 Å². The van der Waals surface area contributed by atoms with Gasteiger partial charge in [0, 0.05) is 30.2 Å². The molecule has 1 aliphatic rings. The van der Waals surface area contributed by atoms with Crippen LogP contribution in [-0.4, -0.2) is 26.1 Å². The number of nitro benzene ring substituents is 1. The van der Waals surface area contributed by atoms with Crippen LogP contribution in [0.5, 0.6) is 0 Å². The van der Waals surface area contributed by atoms with E-state index in [1.54, 1.807) is 0 Å². The Morgan fingerprint density at radius 1 is 1.21 bits per heavy atom. The van der Waals surface area contributed by atoms with Crippen molar-refractivity contribution in [1.29, 1.82) is 0 Å². The van der Waals surface area contributed by atoms with E-state index in [-0.39, 0.29) is 16.3 Å². The monoisotopic (exact) mass is 347 g/mol. The first kappa shape index (κ1) is 16.3. The number of rotatable bonds is 4. The summed E-state index contributed by atoms with van der Waals surface area (Å²) in [5.74, 6) is 0. The lowest BCUT2D eigenvalue weighted by atomic mass is 10.0. The predicted molar refractivity (Wildman–Crippen MR) is 92.7 cm³/mol. The summed E-state index contributed by atoms with van der Waals surface area (Å²) in [6, 6.07) is 9.60. The first-order chi connectivity index (χ1) is 11.3. The van der Waals surface area contributed by atoms with Crippen LogP contribution < -0.4 is 10.6 Å². The first-order valence-corrected chi connectivity index (χ1v) is 9.36. The van der Waals surface area contributed by atoms with Crippen molar-refractivity contribution in [2.24, 2.45) is 0 Å². The van der Waals surface area contributed by atoms with Crippen LogP contribution in [0, 0.1) is 10.1 Å². The SMILES string of the molecule is CS(=O)(=O)c1ccc(Nc2ccc3c(c2)CCCN3)c([N+](=O)[O-])c1. The van der Waals surface area contributed by atoms with Crippen molar-refractivity contribution in [3.63, 3.8) is 0 Å². The maximum Gasteiger partial charge on any atom is 0.293 e. The quantitative estimate of drug-likeness (QED) is 0.651. The van der Waals surface area contributed by atoms with Gasteiger partial charge < -0.3 is 10.6 Å². The van der Waals surface area contributed by atoms with Crippen LogP contribution in [0.3, 0.4) is 0 Å². The largest absolute Gasteiger partial charge is 0.385 e. The van der Waals surface area contributed by atoms with Gasteiger partial charge in [-0.3, -0.25) is 10.1 Å². The second-order valence-corrected chi connectivity index (χ2v) is 7.75. The number of benzene rings is 2. The minimum absolute atomic E-state index is 0.0746. The van der Waals surface area contributed by atoms with Crippen molar-refractivity contribution >= 4 is 32.6 Å². The third-order valence-electron chi connectivity index (χ3n) is 3.92. The molecular weight excluding hydrogens is 330 g/mol. The standard InChI is InChI=1S/C16H17N3O4S/c1-24(22,23)13-5-7-15(16(10-13)19(20)21)18-12-4-6-14-11(9-12)3-2-8-17-14/h4-7,9-10,17-18H,2-3,8H2,1H3. The zero-order valence-corrected chi connectivity index (χ0v) is 13.9. The number of nitro groups is 1. The molecule has 126 valence electrons. The van der Waals surface area contributed by atoms with E-state index in [4.69, 9.17) is 0 Å². The molecule has 0 amide bonds. The topological polar surface area (TPSA) is 101 Å². The fourth-order valence-corrected chi connectivity index (χ4v) is 3.35. The molecule has 0 aromatic heterocycles. The van der Waals surface area contributed by atoms with Gasteiger partial charge >= 0.3 is 0 Å². The fraction of sp³-hybridized carbons (Fsp3) is 0.250. The number of sulfone groups is 1. The molecule has 2 aromatic rings. The van der Waals surface area contributed by atoms with Crippen LogP contribution in [0.4, 0.5) is 22.7 Å². The summed E-state index contributed by atoms with van der Waals surface area (Å²) in [7, 11) is -3.50. The molecule has 0 unspecified atom stereocenters. The van der Waals surface area contributed by atoms with Crippen LogP contribution >= 0.6 is 0 Å². The molecule has 0 saturated carbocycles. The summed E-state index contributed by atoms with van der Waals surface area (Å²) in [5, 5.41) is 17.6. The maximum atomic E-state index is 11.6. The molecule has 0 atom stereocenters. The molecule has 0 spiro atoms. The van der Waals surface area contributed by atoms with E-state index in [1.165, 1.54) is 12.1 Å². The molecule has 0 radical (unpaired) electrons. The smallest absolute Gasteiger partial charge is 0.293 e. The number of anilines is 3. The molecule has 8 heteroatoms. The average molecular weight is 347 g/mol. The third kappa shape index (κ3) is 3.33. The fourth-order valence-electron chi connectivity index (χ4n) is 2.71. The van der Waals surface area contributed by atoms with Crippen molar-refractivity contribution in [3.05, 3.63) is 52.1 Å². The average Bonchev–Trinajstić information content (AvgIpc) is 2.54. The van der Waals surface area contributed by atoms with Crippen LogP contribution in [0.2, 0.25) is 0 Å². The van der Waals surface area contributed by atoms with E-state index >= 15 is 0 Å². The summed E-state index contributed by atoms with van der Waals surface area (Å²) < 4.78 is 23.2. The second kappa shape index (κ2) is 6.12. The summed E-state index contributed by atoms with van der Waals surface area (Å²) in [6.45, 7) is 0.943. The van der Waals surface area contributed by atoms with Crippen LogP contribution in [-0.2, 0) is 16.3 Å². The van der Waals surface area contributed by atoms with Gasteiger partial charge in [-0.25, -0.2) is 8.42 Å². The summed E-state index contributed by atoms with van der Waals surface area (Å²) in [5.41, 5.74) is 2.95. The molecule has 0 saturated heterocycles. The predicted octanol–water partition coefficient (Wildman–Crippen LogP) is 3.10. The molecule has 0 bridgehead atoms. The lowest BCUT2D eigenvalue weighted by Crippen LogP contribution is -2.11. The number of hydrogen-bond acceptors (Lipinski definition) is 6. The minimum atomic E-state index is -3.50. The van der Waals surface area contributed by atoms with Crippen molar-refractivity contribution in [2.75, 3.05) is 23.4 Å². The highest BCUT2D eigenvalue weighted by molar-refractivity contribution is 7.90. The van der Waals surface area contributed by atoms with E-state index in [1.807, 2.05) is 18.2 Å². The van der Waals surface area contributed by atoms with Gasteiger partial charge in [0.05, 0.1) is 9.82 Å². The Kier molecular flexibility index (Phi) is 4.15. The zero-order valence-electron chi connectivity index (χ0n) is 13.1. The highest BCUT2D eigenvalue weighted by atomic mass is 32.2. The van der Waals surface area contributed by atoms with E-state index < -0.39 is 14.8 Å². The van der Waals surface area contributed by atoms with Crippen LogP contribution in [0.15, 0.2) is 41.3 Å². The van der Waals surface area contributed by atoms with Crippen LogP contribution in [0.1, 0.15) is 12.0 Å². The third-order valence-corrected chi connectivity index (χ3v) is 5.03. The Bertz CT molecular complexity index is 910. The van der Waals surface area contributed by atoms with Crippen molar-refractivity contribution in [2.45, 2.75) is 17.7 Å². The molecule has 7 nitrogen and oxygen atoms in total. The second-order valence-electron chi connectivity index (χ2n) is 5.74. The number of nitrogens with zero attached hydrogens (tertiary/aromatic N) is 1. The minimum Gasteiger partial charge on any atom is -0.385 e. The Morgan fingerprint density at radius 3 is 2.71 bits per heavy atom. The van der Waals surface area contributed by atoms with Gasteiger partial charge in [-0.15, -0.1) is 0 Å². The zero-order chi connectivity index (χ0) is 17.3. The summed E-state index contributed by atoms with van der Waals surface area (Å²) in [6.07, 6.45) is 3.02. The molecule has 24 heavy (non-hydrogen) atoms. The number of hydrogen-bond donors (Lipinski definition) is 2. The van der Waals surface area contributed by atoms with Gasteiger partial charge in [-0.05, 0) is 48.7 Å². The molecule has 0 fully saturated rings. The summed E-state index contributed by atoms with van der Waals surface area (Å²) >= 11 is 0. The number of aryl methyl sites for hydroxylation is 1. The van der Waals surface area contributed by atoms with Crippen molar-refractivity contribution in [3.8, 4) is 0 Å². The highest BCUT2D eigenvalue weighted by Gasteiger charge is 2.19. The Morgan fingerprint density at radius 2 is 2.00 bits per heavy atom. The molecule has 3 rings (SSSR count). The maximum absolute atomic E-state index is 11.6. The van der Waals surface area contributed by atoms with E-state index in [2.05, 4.69) is 10.6 Å². The van der Waals surface area contributed by atoms with Crippen molar-refractivity contribution in [1.82, 2.24) is 0 Å². The lowest BCUT2D eigenvalue weighted by Gasteiger charge is -2.19. The summed E-state index contributed by atoms with van der Waals surface area (Å²) in [4.78, 5) is 10.6. The van der Waals surface area contributed by atoms with Crippen LogP contribution in [0.25, 0.3) is 0 Å². The molecule has 1 aliphatic heterocycles. The van der Waals surface area contributed by atoms with E-state index in [0.29, 0.717) is 0 Å². The van der Waals surface area contributed by atoms with Gasteiger partial charge in [0.15, 0.2) is 9.84 Å². The Labute approximate surface area is 139 Å². The first-order valence-electron chi connectivity index (χ1n) is 7.47. The van der Waals surface area contributed by atoms with E-state index in [9.17, 15) is 18.5 Å². The Hall–Kier alpha value is -2.61. The lowest BCUT2D eigenvalue weighted by molar-refractivity contribution is -0.384. The molecular formula is C16H17N3O4S. The van der Waals surface area contributed by atoms with Crippen molar-refractivity contribution < 1.29 is 13.3 Å². The normalized spacial score (nSPS) is 13.7. The van der Waals surface area contributed by atoms with Gasteiger partial charge in [0.2, 0.25) is 0 Å². The number of nitrogens with one attached hydrogen (secondary N) is 2. The molecule has 2 N–H and O–H groups in total.